The molecule has 6 heavy (non-hydrogen) atoms. The molecule has 0 saturated carbocycles. The smallest absolute Gasteiger partial charge is 0.111 e. The first-order valence-electron chi connectivity index (χ1n) is 1.47. The summed E-state index contributed by atoms with van der Waals surface area (Å²) in [5.74, 6) is 3.74. The Morgan fingerprint density at radius 1 is 2.00 bits per heavy atom. The number of aliphatic imine (C=N–C) groups is 1. The fourth-order valence-electron chi connectivity index (χ4n) is 0.213. The summed E-state index contributed by atoms with van der Waals surface area (Å²) in [5.41, 5.74) is 0. The number of hydrogen-bond acceptors (Lipinski definition) is 2. The summed E-state index contributed by atoms with van der Waals surface area (Å²) in [6.45, 7) is 0. The minimum Gasteiger partial charge on any atom is -0.270 e. The van der Waals surface area contributed by atoms with Crippen molar-refractivity contribution in [1.82, 2.24) is 0 Å². The average Bonchev–Trinajstić information content (AvgIpc) is 1.86. The lowest BCUT2D eigenvalue weighted by Gasteiger charge is -1.70. The van der Waals surface area contributed by atoms with Gasteiger partial charge in [-0.3, -0.25) is 4.99 Å². The maximum absolute atomic E-state index is 3.92. The molecule has 0 atom stereocenters. The molecule has 1 aliphatic rings. The number of hydrogen-bond donors (Lipinski definition) is 0. The lowest BCUT2D eigenvalue weighted by molar-refractivity contribution is 1.42. The lowest BCUT2D eigenvalue weighted by atomic mass is 10.9. The molecule has 0 saturated heterocycles. The van der Waals surface area contributed by atoms with Gasteiger partial charge in [-0.2, -0.15) is 0 Å². The fraction of sp³-hybridized carbons (Fsp3) is 0.333. The van der Waals surface area contributed by atoms with Crippen molar-refractivity contribution in [1.29, 1.82) is 0 Å². The standard InChI is InChI=1S/C3H2BrNS/c4-3-1-6-2-5-3/h2H2. The minimum absolute atomic E-state index is 0.834. The van der Waals surface area contributed by atoms with Crippen LogP contribution < -0.4 is 0 Å². The molecule has 0 spiro atoms. The van der Waals surface area contributed by atoms with Crippen molar-refractivity contribution in [3.05, 3.63) is 5.75 Å². The summed E-state index contributed by atoms with van der Waals surface area (Å²) in [7, 11) is 0. The lowest BCUT2D eigenvalue weighted by Crippen LogP contribution is -1.69. The van der Waals surface area contributed by atoms with E-state index in [1.54, 1.807) is 11.8 Å². The number of thioether (sulfide) groups is 1. The van der Waals surface area contributed by atoms with Crippen LogP contribution in [0.25, 0.3) is 0 Å². The molecule has 0 aromatic heterocycles. The Morgan fingerprint density at radius 2 is 2.83 bits per heavy atom. The van der Waals surface area contributed by atoms with Crippen LogP contribution in [0.15, 0.2) is 4.99 Å². The fourth-order valence-corrected chi connectivity index (χ4v) is 1.29. The Kier molecular flexibility index (Phi) is 1.54. The Morgan fingerprint density at radius 3 is 3.00 bits per heavy atom. The van der Waals surface area contributed by atoms with E-state index in [-0.39, 0.29) is 0 Å². The normalized spacial score (nSPS) is 21.2. The topological polar surface area (TPSA) is 12.4 Å². The van der Waals surface area contributed by atoms with Crippen molar-refractivity contribution >= 4 is 32.3 Å². The average molecular weight is 164 g/mol. The Labute approximate surface area is 49.3 Å². The SMILES string of the molecule is BrC1=NCS[C]1. The highest BCUT2D eigenvalue weighted by atomic mass is 79.9. The molecule has 0 amide bonds. The molecular weight excluding hydrogens is 162 g/mol. The van der Waals surface area contributed by atoms with E-state index in [0.717, 1.165) is 10.5 Å². The van der Waals surface area contributed by atoms with Crippen molar-refractivity contribution in [3.63, 3.8) is 0 Å². The summed E-state index contributed by atoms with van der Waals surface area (Å²) < 4.78 is 0.854. The first-order chi connectivity index (χ1) is 2.89. The number of halogens is 1. The van der Waals surface area contributed by atoms with Crippen molar-refractivity contribution in [2.45, 2.75) is 0 Å². The quantitative estimate of drug-likeness (QED) is 0.528. The maximum Gasteiger partial charge on any atom is 0.111 e. The third-order valence-corrected chi connectivity index (χ3v) is 1.73. The molecule has 1 heterocycles. The van der Waals surface area contributed by atoms with Gasteiger partial charge in [-0.1, -0.05) is 0 Å². The van der Waals surface area contributed by atoms with Gasteiger partial charge in [-0.25, -0.2) is 0 Å². The van der Waals surface area contributed by atoms with Crippen molar-refractivity contribution in [2.24, 2.45) is 4.99 Å². The van der Waals surface area contributed by atoms with Crippen LogP contribution in [-0.2, 0) is 0 Å². The summed E-state index contributed by atoms with van der Waals surface area (Å²) in [6.07, 6.45) is 0. The molecule has 0 bridgehead atoms. The van der Waals surface area contributed by atoms with Gasteiger partial charge in [0.2, 0.25) is 0 Å². The van der Waals surface area contributed by atoms with Crippen LogP contribution in [0, 0.1) is 5.75 Å². The molecule has 32 valence electrons. The highest BCUT2D eigenvalue weighted by Gasteiger charge is 2.00. The molecule has 0 N–H and O–H groups in total. The van der Waals surface area contributed by atoms with E-state index in [4.69, 9.17) is 0 Å². The van der Waals surface area contributed by atoms with Crippen LogP contribution in [0.1, 0.15) is 0 Å². The summed E-state index contributed by atoms with van der Waals surface area (Å²) >= 11 is 4.74. The molecule has 1 rings (SSSR count). The molecule has 1 nitrogen and oxygen atoms in total. The van der Waals surface area contributed by atoms with Gasteiger partial charge in [0.25, 0.3) is 0 Å². The van der Waals surface area contributed by atoms with E-state index in [1.165, 1.54) is 0 Å². The van der Waals surface area contributed by atoms with Crippen LogP contribution in [0.4, 0.5) is 0 Å². The van der Waals surface area contributed by atoms with Gasteiger partial charge in [-0.05, 0) is 15.9 Å². The van der Waals surface area contributed by atoms with Crippen molar-refractivity contribution < 1.29 is 0 Å². The van der Waals surface area contributed by atoms with Crippen LogP contribution >= 0.6 is 27.7 Å². The highest BCUT2D eigenvalue weighted by Crippen LogP contribution is 2.17. The summed E-state index contributed by atoms with van der Waals surface area (Å²) in [4.78, 5) is 3.92. The molecule has 0 unspecified atom stereocenters. The van der Waals surface area contributed by atoms with Gasteiger partial charge >= 0.3 is 0 Å². The highest BCUT2D eigenvalue weighted by molar-refractivity contribution is 9.18. The van der Waals surface area contributed by atoms with Crippen molar-refractivity contribution in [2.75, 3.05) is 5.88 Å². The van der Waals surface area contributed by atoms with E-state index in [1.807, 2.05) is 0 Å². The van der Waals surface area contributed by atoms with E-state index in [9.17, 15) is 0 Å². The van der Waals surface area contributed by atoms with E-state index in [2.05, 4.69) is 26.7 Å². The molecule has 2 radical (unpaired) electrons. The second-order valence-electron chi connectivity index (χ2n) is 0.824. The van der Waals surface area contributed by atoms with Crippen LogP contribution in [-0.4, -0.2) is 10.5 Å². The minimum atomic E-state index is 0.834. The molecule has 0 aromatic carbocycles. The van der Waals surface area contributed by atoms with Gasteiger partial charge in [-0.15, -0.1) is 11.8 Å². The van der Waals surface area contributed by atoms with Crippen LogP contribution in [0.2, 0.25) is 0 Å². The first-order valence-corrected chi connectivity index (χ1v) is 3.25. The predicted octanol–water partition coefficient (Wildman–Crippen LogP) is 1.52. The molecule has 0 aliphatic carbocycles. The molecule has 1 aliphatic heterocycles. The van der Waals surface area contributed by atoms with Gasteiger partial charge in [0, 0.05) is 0 Å². The zero-order chi connectivity index (χ0) is 4.41. The van der Waals surface area contributed by atoms with E-state index >= 15 is 0 Å². The van der Waals surface area contributed by atoms with Crippen LogP contribution in [0.3, 0.4) is 0 Å². The molecule has 0 fully saturated rings. The summed E-state index contributed by atoms with van der Waals surface area (Å²) in [5, 5.41) is 0. The monoisotopic (exact) mass is 163 g/mol. The second kappa shape index (κ2) is 1.98. The Bertz CT molecular complexity index is 80.9. The van der Waals surface area contributed by atoms with Gasteiger partial charge in [0.1, 0.15) is 5.75 Å². The predicted molar refractivity (Wildman–Crippen MR) is 32.1 cm³/mol. The van der Waals surface area contributed by atoms with Crippen LogP contribution in [0.5, 0.6) is 0 Å². The number of nitrogens with zero attached hydrogens (tertiary/aromatic N) is 1. The molecular formula is C3H2BrNS. The molecule has 3 heteroatoms. The summed E-state index contributed by atoms with van der Waals surface area (Å²) in [6, 6.07) is 0. The largest absolute Gasteiger partial charge is 0.270 e. The van der Waals surface area contributed by atoms with E-state index in [0.29, 0.717) is 0 Å². The third-order valence-electron chi connectivity index (χ3n) is 0.424. The third kappa shape index (κ3) is 0.980. The van der Waals surface area contributed by atoms with Crippen molar-refractivity contribution in [3.8, 4) is 0 Å². The number of rotatable bonds is 0. The zero-order valence-corrected chi connectivity index (χ0v) is 5.34. The van der Waals surface area contributed by atoms with Gasteiger partial charge in [0.15, 0.2) is 0 Å². The Balaban J connectivity index is 2.45. The van der Waals surface area contributed by atoms with Gasteiger partial charge in [0.05, 0.1) is 10.5 Å². The zero-order valence-electron chi connectivity index (χ0n) is 2.94. The van der Waals surface area contributed by atoms with E-state index < -0.39 is 0 Å². The molecule has 0 aromatic rings. The first kappa shape index (κ1) is 4.65. The second-order valence-corrected chi connectivity index (χ2v) is 2.33. The maximum atomic E-state index is 3.92. The van der Waals surface area contributed by atoms with Gasteiger partial charge < -0.3 is 0 Å². The Hall–Kier alpha value is 0.500.